The van der Waals surface area contributed by atoms with Crippen molar-refractivity contribution in [1.82, 2.24) is 20.1 Å². The molecule has 1 saturated heterocycles. The number of aromatic nitrogens is 1. The van der Waals surface area contributed by atoms with Crippen molar-refractivity contribution < 1.29 is 8.96 Å². The van der Waals surface area contributed by atoms with Crippen LogP contribution in [0.5, 0.6) is 0 Å². The van der Waals surface area contributed by atoms with Gasteiger partial charge >= 0.3 is 0 Å². The van der Waals surface area contributed by atoms with Crippen LogP contribution in [0, 0.1) is 6.92 Å². The quantitative estimate of drug-likeness (QED) is 0.808. The highest BCUT2D eigenvalue weighted by molar-refractivity contribution is 5.88. The summed E-state index contributed by atoms with van der Waals surface area (Å²) in [5, 5.41) is 4.11. The van der Waals surface area contributed by atoms with Gasteiger partial charge in [-0.15, -0.1) is 8.96 Å². The molecule has 2 aromatic rings. The zero-order chi connectivity index (χ0) is 19.7. The van der Waals surface area contributed by atoms with Crippen molar-refractivity contribution in [2.45, 2.75) is 19.9 Å². The van der Waals surface area contributed by atoms with Crippen molar-refractivity contribution in [3.05, 3.63) is 39.7 Å². The Kier molecular flexibility index (Phi) is 5.78. The molecule has 6 nitrogen and oxygen atoms in total. The van der Waals surface area contributed by atoms with Crippen molar-refractivity contribution in [1.29, 1.82) is 0 Å². The first-order valence-electron chi connectivity index (χ1n) is 9.19. The minimum Gasteiger partial charge on any atom is -0.355 e. The molecule has 0 spiro atoms. The largest absolute Gasteiger partial charge is 0.355 e. The van der Waals surface area contributed by atoms with Crippen molar-refractivity contribution in [3.8, 4) is 0 Å². The topological polar surface area (TPSA) is 43.8 Å². The summed E-state index contributed by atoms with van der Waals surface area (Å²) in [4.78, 5) is 16.8. The Morgan fingerprint density at radius 1 is 1.15 bits per heavy atom. The predicted octanol–water partition coefficient (Wildman–Crippen LogP) is 2.28. The van der Waals surface area contributed by atoms with Gasteiger partial charge in [-0.3, -0.25) is 14.3 Å². The van der Waals surface area contributed by atoms with Gasteiger partial charge in [-0.05, 0) is 49.5 Å². The van der Waals surface area contributed by atoms with E-state index >= 15 is 0 Å². The van der Waals surface area contributed by atoms with Gasteiger partial charge in [-0.25, -0.2) is 0 Å². The Balaban J connectivity index is 2.01. The Bertz CT molecular complexity index is 875. The molecule has 0 radical (unpaired) electrons. The number of anilines is 1. The van der Waals surface area contributed by atoms with Crippen molar-refractivity contribution in [2.75, 3.05) is 44.8 Å². The van der Waals surface area contributed by atoms with Crippen molar-refractivity contribution in [3.63, 3.8) is 0 Å². The van der Waals surface area contributed by atoms with Gasteiger partial charge in [0.05, 0.1) is 0 Å². The third-order valence-electron chi connectivity index (χ3n) is 5.41. The van der Waals surface area contributed by atoms with Gasteiger partial charge in [0, 0.05) is 50.0 Å². The van der Waals surface area contributed by atoms with E-state index in [-0.39, 0.29) is 18.3 Å². The lowest BCUT2D eigenvalue weighted by atomic mass is 9.97. The first-order valence-corrected chi connectivity index (χ1v) is 9.19. The fourth-order valence-electron chi connectivity index (χ4n) is 3.76. The van der Waals surface area contributed by atoms with Gasteiger partial charge in [-0.1, -0.05) is 6.07 Å². The number of rotatable bonds is 5. The monoisotopic (exact) mass is 379 g/mol. The number of hydrogen-bond acceptors (Lipinski definition) is 5. The number of fused-ring (bicyclic) bond motifs is 1. The Labute approximate surface area is 157 Å². The lowest BCUT2D eigenvalue weighted by Gasteiger charge is -2.36. The van der Waals surface area contributed by atoms with Crippen LogP contribution in [0.1, 0.15) is 24.1 Å². The number of piperazine rings is 1. The molecule has 1 aliphatic rings. The van der Waals surface area contributed by atoms with Gasteiger partial charge in [0.1, 0.15) is 12.5 Å². The van der Waals surface area contributed by atoms with Crippen LogP contribution in [0.15, 0.2) is 23.0 Å². The normalized spacial score (nSPS) is 17.1. The number of pyridine rings is 1. The van der Waals surface area contributed by atoms with E-state index in [4.69, 9.17) is 0 Å². The molecule has 1 aliphatic heterocycles. The molecule has 2 heterocycles. The number of hydrogen-bond donors (Lipinski definition) is 1. The highest BCUT2D eigenvalue weighted by Crippen LogP contribution is 2.28. The fourth-order valence-corrected chi connectivity index (χ4v) is 3.76. The molecular formula is C19H27F2N5O. The molecule has 3 rings (SSSR count). The minimum atomic E-state index is -0.796. The second-order valence-corrected chi connectivity index (χ2v) is 7.24. The van der Waals surface area contributed by atoms with Crippen LogP contribution in [0.25, 0.3) is 10.8 Å². The molecule has 1 N–H and O–H groups in total. The third kappa shape index (κ3) is 3.97. The lowest BCUT2D eigenvalue weighted by Crippen LogP contribution is -2.49. The van der Waals surface area contributed by atoms with E-state index in [9.17, 15) is 13.8 Å². The summed E-state index contributed by atoms with van der Waals surface area (Å²) in [7, 11) is 3.68. The van der Waals surface area contributed by atoms with Crippen LogP contribution in [-0.4, -0.2) is 54.7 Å². The van der Waals surface area contributed by atoms with Gasteiger partial charge in [0.2, 0.25) is 0 Å². The predicted molar refractivity (Wildman–Crippen MR) is 104 cm³/mol. The van der Waals surface area contributed by atoms with E-state index in [1.54, 1.807) is 16.5 Å². The molecule has 1 aromatic heterocycles. The Hall–Kier alpha value is -2.03. The van der Waals surface area contributed by atoms with Crippen LogP contribution < -0.4 is 15.8 Å². The minimum absolute atomic E-state index is 0.0307. The van der Waals surface area contributed by atoms with Gasteiger partial charge in [0.25, 0.3) is 5.56 Å². The van der Waals surface area contributed by atoms with Crippen LogP contribution in [0.4, 0.5) is 14.8 Å². The van der Waals surface area contributed by atoms with Crippen LogP contribution in [0.2, 0.25) is 0 Å². The molecule has 0 unspecified atom stereocenters. The summed E-state index contributed by atoms with van der Waals surface area (Å²) in [6.07, 6.45) is 0. The van der Waals surface area contributed by atoms with Gasteiger partial charge in [0.15, 0.2) is 0 Å². The summed E-state index contributed by atoms with van der Waals surface area (Å²) >= 11 is 0. The highest BCUT2D eigenvalue weighted by atomic mass is 19.4. The average molecular weight is 379 g/mol. The van der Waals surface area contributed by atoms with E-state index in [2.05, 4.69) is 29.3 Å². The van der Waals surface area contributed by atoms with E-state index in [1.165, 1.54) is 0 Å². The summed E-state index contributed by atoms with van der Waals surface area (Å²) in [6.45, 7) is 5.99. The molecule has 0 saturated carbocycles. The summed E-state index contributed by atoms with van der Waals surface area (Å²) in [6, 6.07) is 6.22. The third-order valence-corrected chi connectivity index (χ3v) is 5.41. The van der Waals surface area contributed by atoms with E-state index in [1.807, 2.05) is 20.0 Å². The standard InChI is InChI=1S/C19H27F2N5O/c1-13-9-15(14(2)22-3)16-11-18(23(4)19(27)17(16)10-13)25-7-5-24(6-8-25)12-26(20)21/h9-11,14,22H,5-8,12H2,1-4H3/t14-/m1/s1. The number of benzene rings is 1. The number of nitrogens with zero attached hydrogens (tertiary/aromatic N) is 4. The fraction of sp³-hybridized carbons (Fsp3) is 0.526. The second kappa shape index (κ2) is 7.92. The summed E-state index contributed by atoms with van der Waals surface area (Å²) in [5.74, 6) is 0.831. The molecule has 1 aromatic carbocycles. The van der Waals surface area contributed by atoms with Crippen LogP contribution >= 0.6 is 0 Å². The molecule has 1 atom stereocenters. The molecule has 148 valence electrons. The summed E-state index contributed by atoms with van der Waals surface area (Å²) < 4.78 is 26.6. The molecule has 0 aliphatic carbocycles. The first kappa shape index (κ1) is 19.7. The van der Waals surface area contributed by atoms with Crippen LogP contribution in [-0.2, 0) is 7.05 Å². The molecule has 1 fully saturated rings. The first-order chi connectivity index (χ1) is 12.8. The number of nitrogens with one attached hydrogen (secondary N) is 1. The molecule has 27 heavy (non-hydrogen) atoms. The van der Waals surface area contributed by atoms with E-state index in [0.717, 1.165) is 22.3 Å². The van der Waals surface area contributed by atoms with Crippen molar-refractivity contribution >= 4 is 16.6 Å². The zero-order valence-electron chi connectivity index (χ0n) is 16.3. The average Bonchev–Trinajstić information content (AvgIpc) is 2.64. The SMILES string of the molecule is CN[C@H](C)c1cc(C)cc2c(=O)n(C)c(N3CCN(CN(F)F)CC3)cc12. The molecule has 0 bridgehead atoms. The molecule has 0 amide bonds. The second-order valence-electron chi connectivity index (χ2n) is 7.24. The molecular weight excluding hydrogens is 352 g/mol. The number of halogens is 2. The van der Waals surface area contributed by atoms with Crippen molar-refractivity contribution in [2.24, 2.45) is 7.05 Å². The van der Waals surface area contributed by atoms with Crippen LogP contribution in [0.3, 0.4) is 0 Å². The smallest absolute Gasteiger partial charge is 0.259 e. The maximum atomic E-state index is 13.0. The molecule has 8 heteroatoms. The Morgan fingerprint density at radius 2 is 1.81 bits per heavy atom. The number of aryl methyl sites for hydroxylation is 1. The maximum absolute atomic E-state index is 13.0. The zero-order valence-corrected chi connectivity index (χ0v) is 16.3. The van der Waals surface area contributed by atoms with E-state index in [0.29, 0.717) is 31.6 Å². The van der Waals surface area contributed by atoms with Gasteiger partial charge in [-0.2, -0.15) is 0 Å². The van der Waals surface area contributed by atoms with E-state index < -0.39 is 5.34 Å². The summed E-state index contributed by atoms with van der Waals surface area (Å²) in [5.41, 5.74) is 2.12. The highest BCUT2D eigenvalue weighted by Gasteiger charge is 2.22. The Morgan fingerprint density at radius 3 is 2.41 bits per heavy atom. The maximum Gasteiger partial charge on any atom is 0.259 e. The lowest BCUT2D eigenvalue weighted by molar-refractivity contribution is -0.182. The van der Waals surface area contributed by atoms with Gasteiger partial charge < -0.3 is 10.2 Å².